The van der Waals surface area contributed by atoms with Crippen LogP contribution in [-0.2, 0) is 11.3 Å². The van der Waals surface area contributed by atoms with Crippen LogP contribution in [0.1, 0.15) is 35.9 Å². The molecule has 3 heterocycles. The number of carbonyl (C=O) groups is 1. The average Bonchev–Trinajstić information content (AvgIpc) is 2.67. The zero-order valence-corrected chi connectivity index (χ0v) is 14.4. The number of carbonyl (C=O) groups excluding carboxylic acids is 1. The predicted molar refractivity (Wildman–Crippen MR) is 90.6 cm³/mol. The summed E-state index contributed by atoms with van der Waals surface area (Å²) < 4.78 is 5.43. The molecule has 2 aliphatic heterocycles. The molecule has 0 radical (unpaired) electrons. The number of likely N-dealkylation sites (tertiary alicyclic amines) is 1. The minimum Gasteiger partial charge on any atom is -0.390 e. The van der Waals surface area contributed by atoms with Crippen molar-refractivity contribution in [3.8, 4) is 0 Å². The van der Waals surface area contributed by atoms with Gasteiger partial charge in [0.2, 0.25) is 0 Å². The number of pyridine rings is 1. The van der Waals surface area contributed by atoms with E-state index in [0.29, 0.717) is 23.3 Å². The van der Waals surface area contributed by atoms with Crippen LogP contribution >= 0.6 is 0 Å². The molecule has 1 N–H and O–H groups in total. The maximum atomic E-state index is 12.6. The lowest BCUT2D eigenvalue weighted by atomic mass is 9.89. The van der Waals surface area contributed by atoms with Crippen LogP contribution in [0.3, 0.4) is 0 Å². The number of aliphatic hydroxyl groups excluding tert-OH is 1. The number of hydrogen-bond acceptors (Lipinski definition) is 5. The van der Waals surface area contributed by atoms with E-state index in [9.17, 15) is 9.90 Å². The first-order valence-electron chi connectivity index (χ1n) is 8.87. The van der Waals surface area contributed by atoms with Crippen LogP contribution in [0, 0.1) is 5.92 Å². The van der Waals surface area contributed by atoms with Gasteiger partial charge in [0.25, 0.3) is 5.91 Å². The topological polar surface area (TPSA) is 65.9 Å². The molecule has 1 aromatic rings. The summed E-state index contributed by atoms with van der Waals surface area (Å²) in [5.41, 5.74) is 0.970. The number of aliphatic hydroxyl groups is 1. The van der Waals surface area contributed by atoms with Gasteiger partial charge in [0.05, 0.1) is 25.5 Å². The maximum Gasteiger partial charge on any atom is 0.272 e. The van der Waals surface area contributed by atoms with Crippen LogP contribution in [0.15, 0.2) is 18.2 Å². The van der Waals surface area contributed by atoms with E-state index < -0.39 is 0 Å². The number of rotatable bonds is 4. The summed E-state index contributed by atoms with van der Waals surface area (Å²) >= 11 is 0. The first kappa shape index (κ1) is 17.3. The van der Waals surface area contributed by atoms with Gasteiger partial charge in [-0.15, -0.1) is 0 Å². The van der Waals surface area contributed by atoms with E-state index in [4.69, 9.17) is 4.74 Å². The summed E-state index contributed by atoms with van der Waals surface area (Å²) in [5, 5.41) is 9.17. The van der Waals surface area contributed by atoms with Gasteiger partial charge in [-0.05, 0) is 37.8 Å². The van der Waals surface area contributed by atoms with Crippen molar-refractivity contribution in [1.29, 1.82) is 0 Å². The number of morpholine rings is 1. The molecular formula is C18H27N3O3. The Bertz CT molecular complexity index is 552. The van der Waals surface area contributed by atoms with Gasteiger partial charge in [-0.1, -0.05) is 6.07 Å². The molecule has 0 aliphatic carbocycles. The van der Waals surface area contributed by atoms with Crippen molar-refractivity contribution in [2.75, 3.05) is 39.4 Å². The molecular weight excluding hydrogens is 306 g/mol. The molecule has 0 aromatic carbocycles. The Morgan fingerprint density at radius 1 is 1.29 bits per heavy atom. The molecule has 2 fully saturated rings. The van der Waals surface area contributed by atoms with Crippen LogP contribution in [-0.4, -0.2) is 71.2 Å². The summed E-state index contributed by atoms with van der Waals surface area (Å²) in [5.74, 6) is 0.603. The largest absolute Gasteiger partial charge is 0.390 e. The van der Waals surface area contributed by atoms with Crippen LogP contribution in [0.2, 0.25) is 0 Å². The van der Waals surface area contributed by atoms with Crippen LogP contribution < -0.4 is 0 Å². The highest BCUT2D eigenvalue weighted by molar-refractivity contribution is 5.92. The summed E-state index contributed by atoms with van der Waals surface area (Å²) in [6, 6.07) is 5.78. The molecule has 24 heavy (non-hydrogen) atoms. The molecule has 2 aliphatic rings. The third-order valence-corrected chi connectivity index (χ3v) is 5.32. The second-order valence-corrected chi connectivity index (χ2v) is 6.69. The van der Waals surface area contributed by atoms with Gasteiger partial charge < -0.3 is 14.7 Å². The Balaban J connectivity index is 1.55. The van der Waals surface area contributed by atoms with Crippen molar-refractivity contribution in [2.24, 2.45) is 5.92 Å². The zero-order chi connectivity index (χ0) is 16.9. The van der Waals surface area contributed by atoms with Crippen molar-refractivity contribution >= 4 is 5.91 Å². The van der Waals surface area contributed by atoms with Crippen molar-refractivity contribution in [1.82, 2.24) is 14.8 Å². The average molecular weight is 333 g/mol. The Morgan fingerprint density at radius 3 is 2.67 bits per heavy atom. The fourth-order valence-electron chi connectivity index (χ4n) is 3.72. The number of piperidine rings is 1. The van der Waals surface area contributed by atoms with Gasteiger partial charge >= 0.3 is 0 Å². The first-order chi connectivity index (χ1) is 11.7. The van der Waals surface area contributed by atoms with Gasteiger partial charge in [0.1, 0.15) is 5.69 Å². The first-order valence-corrected chi connectivity index (χ1v) is 8.87. The lowest BCUT2D eigenvalue weighted by molar-refractivity contribution is -0.000989. The quantitative estimate of drug-likeness (QED) is 0.895. The number of amides is 1. The molecule has 0 saturated carbocycles. The lowest BCUT2D eigenvalue weighted by Crippen LogP contribution is -2.49. The number of ether oxygens (including phenoxy) is 1. The molecule has 0 bridgehead atoms. The van der Waals surface area contributed by atoms with E-state index in [0.717, 1.165) is 52.2 Å². The highest BCUT2D eigenvalue weighted by atomic mass is 16.5. The second kappa shape index (κ2) is 8.05. The van der Waals surface area contributed by atoms with Gasteiger partial charge in [0.15, 0.2) is 0 Å². The number of aromatic nitrogens is 1. The lowest BCUT2D eigenvalue weighted by Gasteiger charge is -2.41. The molecule has 2 saturated heterocycles. The van der Waals surface area contributed by atoms with Gasteiger partial charge in [-0.2, -0.15) is 0 Å². The summed E-state index contributed by atoms with van der Waals surface area (Å²) in [6.45, 7) is 7.41. The van der Waals surface area contributed by atoms with E-state index in [-0.39, 0.29) is 12.5 Å². The molecule has 1 unspecified atom stereocenters. The van der Waals surface area contributed by atoms with E-state index in [1.165, 1.54) is 0 Å². The molecule has 0 spiro atoms. The van der Waals surface area contributed by atoms with E-state index in [1.54, 1.807) is 18.2 Å². The maximum absolute atomic E-state index is 12.6. The standard InChI is InChI=1S/C18H27N3O3/c1-14(20-9-11-24-12-10-20)15-5-7-21(8-6-15)18(23)17-4-2-3-16(13-22)19-17/h2-4,14-15,22H,5-13H2,1H3. The zero-order valence-electron chi connectivity index (χ0n) is 14.4. The highest BCUT2D eigenvalue weighted by Gasteiger charge is 2.30. The molecule has 1 amide bonds. The number of nitrogens with zero attached hydrogens (tertiary/aromatic N) is 3. The second-order valence-electron chi connectivity index (χ2n) is 6.69. The van der Waals surface area contributed by atoms with Crippen LogP contribution in [0.25, 0.3) is 0 Å². The molecule has 6 nitrogen and oxygen atoms in total. The summed E-state index contributed by atoms with van der Waals surface area (Å²) in [6.07, 6.45) is 2.06. The van der Waals surface area contributed by atoms with Crippen LogP contribution in [0.5, 0.6) is 0 Å². The van der Waals surface area contributed by atoms with E-state index in [1.807, 2.05) is 4.90 Å². The van der Waals surface area contributed by atoms with Gasteiger partial charge in [-0.25, -0.2) is 4.98 Å². The Morgan fingerprint density at radius 2 is 2.00 bits per heavy atom. The third kappa shape index (κ3) is 3.94. The molecule has 6 heteroatoms. The Labute approximate surface area is 143 Å². The third-order valence-electron chi connectivity index (χ3n) is 5.32. The molecule has 132 valence electrons. The Hall–Kier alpha value is -1.50. The highest BCUT2D eigenvalue weighted by Crippen LogP contribution is 2.25. The Kier molecular flexibility index (Phi) is 5.81. The van der Waals surface area contributed by atoms with Crippen molar-refractivity contribution in [2.45, 2.75) is 32.4 Å². The monoisotopic (exact) mass is 333 g/mol. The minimum absolute atomic E-state index is 0.0252. The minimum atomic E-state index is -0.139. The smallest absolute Gasteiger partial charge is 0.272 e. The number of hydrogen-bond donors (Lipinski definition) is 1. The normalized spacial score (nSPS) is 21.7. The molecule has 1 atom stereocenters. The van der Waals surface area contributed by atoms with E-state index >= 15 is 0 Å². The van der Waals surface area contributed by atoms with Gasteiger partial charge in [0, 0.05) is 32.2 Å². The van der Waals surface area contributed by atoms with E-state index in [2.05, 4.69) is 16.8 Å². The summed E-state index contributed by atoms with van der Waals surface area (Å²) in [4.78, 5) is 21.2. The predicted octanol–water partition coefficient (Wildman–Crippen LogP) is 1.15. The van der Waals surface area contributed by atoms with Crippen molar-refractivity contribution in [3.05, 3.63) is 29.6 Å². The molecule has 3 rings (SSSR count). The van der Waals surface area contributed by atoms with Gasteiger partial charge in [-0.3, -0.25) is 9.69 Å². The summed E-state index contributed by atoms with van der Waals surface area (Å²) in [7, 11) is 0. The van der Waals surface area contributed by atoms with Crippen molar-refractivity contribution < 1.29 is 14.6 Å². The SMILES string of the molecule is CC(C1CCN(C(=O)c2cccc(CO)n2)CC1)N1CCOCC1. The fraction of sp³-hybridized carbons (Fsp3) is 0.667. The molecule has 1 aromatic heterocycles. The van der Waals surface area contributed by atoms with Crippen LogP contribution in [0.4, 0.5) is 0 Å². The fourth-order valence-corrected chi connectivity index (χ4v) is 3.72. The van der Waals surface area contributed by atoms with Crippen molar-refractivity contribution in [3.63, 3.8) is 0 Å².